The maximum Gasteiger partial charge on any atom is 0.173 e. The number of anilines is 2. The molecule has 0 saturated carbocycles. The Morgan fingerprint density at radius 3 is 1.92 bits per heavy atom. The predicted octanol–water partition coefficient (Wildman–Crippen LogP) is 1.39. The zero-order valence-electron chi connectivity index (χ0n) is 7.63. The summed E-state index contributed by atoms with van der Waals surface area (Å²) in [6.45, 7) is 5.44. The third-order valence-corrected chi connectivity index (χ3v) is 1.75. The van der Waals surface area contributed by atoms with E-state index in [9.17, 15) is 0 Å². The second-order valence-corrected chi connectivity index (χ2v) is 2.74. The monoisotopic (exact) mass is 201 g/mol. The number of aromatic nitrogens is 3. The van der Waals surface area contributed by atoms with Crippen molar-refractivity contribution >= 4 is 23.2 Å². The number of rotatable bonds is 4. The van der Waals surface area contributed by atoms with Gasteiger partial charge in [-0.3, -0.25) is 0 Å². The molecule has 1 heterocycles. The standard InChI is InChI=1S/C7H12ClN5/c1-3-9-6-5(8)7(10-4-2)12-13-11-6/h3-4H2,1-2H3,(H2,9,10,11,12). The molecule has 72 valence electrons. The molecule has 0 aliphatic carbocycles. The lowest BCUT2D eigenvalue weighted by Gasteiger charge is -2.06. The second kappa shape index (κ2) is 4.81. The van der Waals surface area contributed by atoms with Gasteiger partial charge in [0.15, 0.2) is 11.6 Å². The molecule has 1 aromatic heterocycles. The van der Waals surface area contributed by atoms with Crippen molar-refractivity contribution in [1.29, 1.82) is 0 Å². The zero-order chi connectivity index (χ0) is 9.68. The first kappa shape index (κ1) is 9.98. The van der Waals surface area contributed by atoms with Gasteiger partial charge in [-0.15, -0.1) is 10.2 Å². The van der Waals surface area contributed by atoms with Crippen LogP contribution >= 0.6 is 11.6 Å². The van der Waals surface area contributed by atoms with Gasteiger partial charge in [-0.05, 0) is 19.1 Å². The topological polar surface area (TPSA) is 62.7 Å². The van der Waals surface area contributed by atoms with Crippen molar-refractivity contribution in [2.75, 3.05) is 23.7 Å². The molecule has 1 aromatic rings. The SMILES string of the molecule is CCNc1nnnc(NCC)c1Cl. The number of nitrogens with one attached hydrogen (secondary N) is 2. The molecule has 0 bridgehead atoms. The average Bonchev–Trinajstić information content (AvgIpc) is 2.13. The summed E-state index contributed by atoms with van der Waals surface area (Å²) >= 11 is 5.98. The highest BCUT2D eigenvalue weighted by atomic mass is 35.5. The smallest absolute Gasteiger partial charge is 0.173 e. The van der Waals surface area contributed by atoms with Crippen molar-refractivity contribution in [3.63, 3.8) is 0 Å². The zero-order valence-corrected chi connectivity index (χ0v) is 8.39. The summed E-state index contributed by atoms with van der Waals surface area (Å²) in [7, 11) is 0. The molecule has 0 saturated heterocycles. The molecule has 6 heteroatoms. The van der Waals surface area contributed by atoms with Crippen LogP contribution in [0.3, 0.4) is 0 Å². The van der Waals surface area contributed by atoms with Gasteiger partial charge in [0.1, 0.15) is 5.02 Å². The van der Waals surface area contributed by atoms with Gasteiger partial charge in [0.2, 0.25) is 0 Å². The summed E-state index contributed by atoms with van der Waals surface area (Å²) in [5.41, 5.74) is 0. The van der Waals surface area contributed by atoms with Crippen LogP contribution in [-0.4, -0.2) is 28.5 Å². The van der Waals surface area contributed by atoms with E-state index in [0.717, 1.165) is 13.1 Å². The number of halogens is 1. The molecule has 0 atom stereocenters. The molecule has 0 aromatic carbocycles. The molecule has 0 unspecified atom stereocenters. The first-order valence-electron chi connectivity index (χ1n) is 4.16. The van der Waals surface area contributed by atoms with E-state index >= 15 is 0 Å². The number of nitrogens with zero attached hydrogens (tertiary/aromatic N) is 3. The highest BCUT2D eigenvalue weighted by molar-refractivity contribution is 6.35. The minimum absolute atomic E-state index is 0.485. The molecule has 0 spiro atoms. The Hall–Kier alpha value is -1.10. The summed E-state index contributed by atoms with van der Waals surface area (Å²) in [5.74, 6) is 1.13. The summed E-state index contributed by atoms with van der Waals surface area (Å²) in [6, 6.07) is 0. The van der Waals surface area contributed by atoms with E-state index in [-0.39, 0.29) is 0 Å². The van der Waals surface area contributed by atoms with E-state index in [1.165, 1.54) is 0 Å². The molecule has 1 rings (SSSR count). The Labute approximate surface area is 81.9 Å². The Morgan fingerprint density at radius 1 is 1.08 bits per heavy atom. The fourth-order valence-corrected chi connectivity index (χ4v) is 1.08. The van der Waals surface area contributed by atoms with Crippen molar-refractivity contribution in [3.8, 4) is 0 Å². The van der Waals surface area contributed by atoms with Crippen LogP contribution in [0.5, 0.6) is 0 Å². The quantitative estimate of drug-likeness (QED) is 0.771. The predicted molar refractivity (Wildman–Crippen MR) is 53.2 cm³/mol. The largest absolute Gasteiger partial charge is 0.367 e. The molecule has 0 radical (unpaired) electrons. The summed E-state index contributed by atoms with van der Waals surface area (Å²) < 4.78 is 0. The van der Waals surface area contributed by atoms with Crippen molar-refractivity contribution in [2.24, 2.45) is 0 Å². The molecule has 0 amide bonds. The molecule has 0 aliphatic rings. The van der Waals surface area contributed by atoms with Gasteiger partial charge >= 0.3 is 0 Å². The molecule has 0 fully saturated rings. The summed E-state index contributed by atoms with van der Waals surface area (Å²) in [4.78, 5) is 0. The maximum absolute atomic E-state index is 5.98. The molecular weight excluding hydrogens is 190 g/mol. The normalized spacial score (nSPS) is 9.77. The highest BCUT2D eigenvalue weighted by Gasteiger charge is 2.07. The Kier molecular flexibility index (Phi) is 3.70. The molecular formula is C7H12ClN5. The Balaban J connectivity index is 2.89. The average molecular weight is 202 g/mol. The Bertz CT molecular complexity index is 253. The van der Waals surface area contributed by atoms with Crippen molar-refractivity contribution in [2.45, 2.75) is 13.8 Å². The second-order valence-electron chi connectivity index (χ2n) is 2.36. The highest BCUT2D eigenvalue weighted by Crippen LogP contribution is 2.24. The van der Waals surface area contributed by atoms with Crippen LogP contribution in [0.4, 0.5) is 11.6 Å². The third kappa shape index (κ3) is 2.42. The minimum atomic E-state index is 0.485. The molecule has 5 nitrogen and oxygen atoms in total. The van der Waals surface area contributed by atoms with E-state index in [2.05, 4.69) is 26.0 Å². The van der Waals surface area contributed by atoms with Crippen molar-refractivity contribution in [1.82, 2.24) is 15.4 Å². The van der Waals surface area contributed by atoms with Crippen LogP contribution in [-0.2, 0) is 0 Å². The van der Waals surface area contributed by atoms with Crippen LogP contribution in [0.25, 0.3) is 0 Å². The van der Waals surface area contributed by atoms with E-state index in [0.29, 0.717) is 16.7 Å². The number of hydrogen-bond acceptors (Lipinski definition) is 5. The Morgan fingerprint density at radius 2 is 1.54 bits per heavy atom. The number of hydrogen-bond donors (Lipinski definition) is 2. The summed E-state index contributed by atoms with van der Waals surface area (Å²) in [5, 5.41) is 17.6. The van der Waals surface area contributed by atoms with Crippen LogP contribution in [0.15, 0.2) is 0 Å². The molecule has 13 heavy (non-hydrogen) atoms. The van der Waals surface area contributed by atoms with E-state index in [1.807, 2.05) is 13.8 Å². The fraction of sp³-hybridized carbons (Fsp3) is 0.571. The molecule has 2 N–H and O–H groups in total. The van der Waals surface area contributed by atoms with Crippen molar-refractivity contribution in [3.05, 3.63) is 5.02 Å². The first-order valence-corrected chi connectivity index (χ1v) is 4.54. The van der Waals surface area contributed by atoms with Crippen molar-refractivity contribution < 1.29 is 0 Å². The van der Waals surface area contributed by atoms with Crippen LogP contribution < -0.4 is 10.6 Å². The van der Waals surface area contributed by atoms with Gasteiger partial charge in [-0.1, -0.05) is 11.6 Å². The van der Waals surface area contributed by atoms with Crippen LogP contribution in [0.2, 0.25) is 5.02 Å². The van der Waals surface area contributed by atoms with E-state index in [1.54, 1.807) is 0 Å². The van der Waals surface area contributed by atoms with Crippen LogP contribution in [0.1, 0.15) is 13.8 Å². The first-order chi connectivity index (χ1) is 6.29. The lowest BCUT2D eigenvalue weighted by atomic mass is 10.5. The van der Waals surface area contributed by atoms with Gasteiger partial charge in [-0.2, -0.15) is 0 Å². The molecule has 0 aliphatic heterocycles. The summed E-state index contributed by atoms with van der Waals surface area (Å²) in [6.07, 6.45) is 0. The maximum atomic E-state index is 5.98. The third-order valence-electron chi connectivity index (χ3n) is 1.39. The minimum Gasteiger partial charge on any atom is -0.367 e. The lowest BCUT2D eigenvalue weighted by Crippen LogP contribution is -2.07. The van der Waals surface area contributed by atoms with Gasteiger partial charge in [0.25, 0.3) is 0 Å². The van der Waals surface area contributed by atoms with Gasteiger partial charge in [0, 0.05) is 13.1 Å². The van der Waals surface area contributed by atoms with Gasteiger partial charge < -0.3 is 10.6 Å². The van der Waals surface area contributed by atoms with E-state index < -0.39 is 0 Å². The van der Waals surface area contributed by atoms with Crippen LogP contribution in [0, 0.1) is 0 Å². The lowest BCUT2D eigenvalue weighted by molar-refractivity contribution is 0.863. The van der Waals surface area contributed by atoms with Gasteiger partial charge in [-0.25, -0.2) is 0 Å². The fourth-order valence-electron chi connectivity index (χ4n) is 0.873. The van der Waals surface area contributed by atoms with Gasteiger partial charge in [0.05, 0.1) is 0 Å². The van der Waals surface area contributed by atoms with E-state index in [4.69, 9.17) is 11.6 Å².